The Balaban J connectivity index is 2.12. The van der Waals surface area contributed by atoms with Crippen LogP contribution in [0.4, 0.5) is 0 Å². The second-order valence-electron chi connectivity index (χ2n) is 4.03. The molecule has 0 saturated heterocycles. The summed E-state index contributed by atoms with van der Waals surface area (Å²) in [6, 6.07) is 14.7. The van der Waals surface area contributed by atoms with E-state index in [1.165, 1.54) is 16.3 Å². The summed E-state index contributed by atoms with van der Waals surface area (Å²) in [4.78, 5) is 4.60. The summed E-state index contributed by atoms with van der Waals surface area (Å²) >= 11 is 1.62. The molecular formula is C14H13N3S. The molecule has 4 heteroatoms. The summed E-state index contributed by atoms with van der Waals surface area (Å²) in [5, 5.41) is 5.55. The quantitative estimate of drug-likeness (QED) is 0.559. The molecule has 3 N–H and O–H groups in total. The van der Waals surface area contributed by atoms with Crippen LogP contribution in [0.1, 0.15) is 5.01 Å². The van der Waals surface area contributed by atoms with Crippen molar-refractivity contribution in [2.75, 3.05) is 0 Å². The maximum atomic E-state index is 5.32. The Hall–Kier alpha value is -1.75. The lowest BCUT2D eigenvalue weighted by Gasteiger charge is -2.03. The van der Waals surface area contributed by atoms with Crippen molar-refractivity contribution in [1.82, 2.24) is 10.4 Å². The fourth-order valence-electron chi connectivity index (χ4n) is 2.05. The largest absolute Gasteiger partial charge is 0.271 e. The molecule has 3 nitrogen and oxygen atoms in total. The van der Waals surface area contributed by atoms with Crippen LogP contribution in [0.25, 0.3) is 22.0 Å². The van der Waals surface area contributed by atoms with Crippen molar-refractivity contribution < 1.29 is 0 Å². The highest BCUT2D eigenvalue weighted by Gasteiger charge is 2.07. The lowest BCUT2D eigenvalue weighted by molar-refractivity contribution is 0.737. The first-order valence-corrected chi connectivity index (χ1v) is 6.62. The van der Waals surface area contributed by atoms with Crippen molar-refractivity contribution in [2.24, 2.45) is 5.84 Å². The van der Waals surface area contributed by atoms with Crippen LogP contribution in [-0.4, -0.2) is 4.98 Å². The zero-order chi connectivity index (χ0) is 12.4. The number of hydrogen-bond donors (Lipinski definition) is 2. The number of nitrogens with two attached hydrogens (primary N) is 1. The van der Waals surface area contributed by atoms with Gasteiger partial charge in [-0.2, -0.15) is 0 Å². The van der Waals surface area contributed by atoms with Crippen molar-refractivity contribution in [3.8, 4) is 11.3 Å². The predicted molar refractivity (Wildman–Crippen MR) is 76.1 cm³/mol. The second-order valence-corrected chi connectivity index (χ2v) is 4.98. The van der Waals surface area contributed by atoms with Gasteiger partial charge in [0, 0.05) is 10.9 Å². The van der Waals surface area contributed by atoms with E-state index in [1.54, 1.807) is 11.3 Å². The highest BCUT2D eigenvalue weighted by Crippen LogP contribution is 2.29. The summed E-state index contributed by atoms with van der Waals surface area (Å²) in [5.41, 5.74) is 4.82. The Kier molecular flexibility index (Phi) is 3.06. The lowest BCUT2D eigenvalue weighted by Crippen LogP contribution is -2.20. The normalized spacial score (nSPS) is 10.9. The zero-order valence-electron chi connectivity index (χ0n) is 9.76. The van der Waals surface area contributed by atoms with Crippen molar-refractivity contribution in [3.05, 3.63) is 52.9 Å². The number of thiazole rings is 1. The molecule has 0 saturated carbocycles. The van der Waals surface area contributed by atoms with Gasteiger partial charge in [-0.15, -0.1) is 11.3 Å². The fourth-order valence-corrected chi connectivity index (χ4v) is 2.80. The fraction of sp³-hybridized carbons (Fsp3) is 0.0714. The Bertz CT molecular complexity index is 670. The molecule has 0 atom stereocenters. The molecule has 0 spiro atoms. The first-order chi connectivity index (χ1) is 8.88. The van der Waals surface area contributed by atoms with Crippen molar-refractivity contribution in [3.63, 3.8) is 0 Å². The Morgan fingerprint density at radius 1 is 1.11 bits per heavy atom. The molecule has 0 fully saturated rings. The van der Waals surface area contributed by atoms with Gasteiger partial charge in [-0.05, 0) is 10.8 Å². The molecule has 18 heavy (non-hydrogen) atoms. The number of aromatic nitrogens is 1. The predicted octanol–water partition coefficient (Wildman–Crippen LogP) is 2.93. The number of rotatable bonds is 3. The molecule has 0 aliphatic heterocycles. The standard InChI is InChI=1S/C14H13N3S/c15-16-8-14-17-13(9-18-14)12-7-3-5-10-4-1-2-6-11(10)12/h1-7,9,16H,8,15H2. The molecule has 90 valence electrons. The smallest absolute Gasteiger partial charge is 0.108 e. The highest BCUT2D eigenvalue weighted by molar-refractivity contribution is 7.09. The van der Waals surface area contributed by atoms with Crippen LogP contribution in [-0.2, 0) is 6.54 Å². The van der Waals surface area contributed by atoms with Crippen molar-refractivity contribution in [1.29, 1.82) is 0 Å². The summed E-state index contributed by atoms with van der Waals surface area (Å²) in [5.74, 6) is 5.32. The van der Waals surface area contributed by atoms with Crippen LogP contribution in [0.15, 0.2) is 47.8 Å². The van der Waals surface area contributed by atoms with Crippen LogP contribution >= 0.6 is 11.3 Å². The average molecular weight is 255 g/mol. The number of nitrogens with zero attached hydrogens (tertiary/aromatic N) is 1. The zero-order valence-corrected chi connectivity index (χ0v) is 10.6. The van der Waals surface area contributed by atoms with Gasteiger partial charge < -0.3 is 0 Å². The van der Waals surface area contributed by atoms with Gasteiger partial charge in [0.05, 0.1) is 12.2 Å². The third-order valence-electron chi connectivity index (χ3n) is 2.87. The molecule has 3 rings (SSSR count). The molecular weight excluding hydrogens is 242 g/mol. The van der Waals surface area contributed by atoms with Crippen molar-refractivity contribution in [2.45, 2.75) is 6.54 Å². The van der Waals surface area contributed by atoms with E-state index in [0.717, 1.165) is 10.7 Å². The minimum absolute atomic E-state index is 0.607. The van der Waals surface area contributed by atoms with E-state index in [1.807, 2.05) is 0 Å². The van der Waals surface area contributed by atoms with Crippen LogP contribution in [0.2, 0.25) is 0 Å². The molecule has 0 aliphatic rings. The minimum Gasteiger partial charge on any atom is -0.271 e. The summed E-state index contributed by atoms with van der Waals surface area (Å²) in [6.45, 7) is 0.607. The number of nitrogens with one attached hydrogen (secondary N) is 1. The van der Waals surface area contributed by atoms with Gasteiger partial charge in [-0.3, -0.25) is 11.3 Å². The van der Waals surface area contributed by atoms with Crippen LogP contribution in [0.5, 0.6) is 0 Å². The van der Waals surface area contributed by atoms with Gasteiger partial charge in [0.1, 0.15) is 5.01 Å². The first kappa shape index (κ1) is 11.3. The van der Waals surface area contributed by atoms with Gasteiger partial charge in [0.2, 0.25) is 0 Å². The third kappa shape index (κ3) is 2.01. The highest BCUT2D eigenvalue weighted by atomic mass is 32.1. The molecule has 0 unspecified atom stereocenters. The molecule has 3 aromatic rings. The van der Waals surface area contributed by atoms with Crippen LogP contribution < -0.4 is 11.3 Å². The number of fused-ring (bicyclic) bond motifs is 1. The second kappa shape index (κ2) is 4.86. The van der Waals surface area contributed by atoms with E-state index < -0.39 is 0 Å². The van der Waals surface area contributed by atoms with Gasteiger partial charge in [-0.1, -0.05) is 42.5 Å². The van der Waals surface area contributed by atoms with Gasteiger partial charge >= 0.3 is 0 Å². The summed E-state index contributed by atoms with van der Waals surface area (Å²) in [7, 11) is 0. The van der Waals surface area contributed by atoms with E-state index in [9.17, 15) is 0 Å². The Labute approximate surface area is 109 Å². The molecule has 0 bridgehead atoms. The van der Waals surface area contributed by atoms with E-state index in [4.69, 9.17) is 5.84 Å². The third-order valence-corrected chi connectivity index (χ3v) is 3.72. The Morgan fingerprint density at radius 2 is 1.94 bits per heavy atom. The SMILES string of the molecule is NNCc1nc(-c2cccc3ccccc23)cs1. The lowest BCUT2D eigenvalue weighted by atomic mass is 10.0. The molecule has 0 aliphatic carbocycles. The topological polar surface area (TPSA) is 50.9 Å². The summed E-state index contributed by atoms with van der Waals surface area (Å²) in [6.07, 6.45) is 0. The maximum Gasteiger partial charge on any atom is 0.108 e. The van der Waals surface area contributed by atoms with E-state index in [2.05, 4.69) is 58.3 Å². The maximum absolute atomic E-state index is 5.32. The van der Waals surface area contributed by atoms with E-state index in [0.29, 0.717) is 6.54 Å². The molecule has 1 heterocycles. The molecule has 2 aromatic carbocycles. The Morgan fingerprint density at radius 3 is 2.83 bits per heavy atom. The van der Waals surface area contributed by atoms with E-state index >= 15 is 0 Å². The molecule has 0 amide bonds. The number of hydrazine groups is 1. The summed E-state index contributed by atoms with van der Waals surface area (Å²) < 4.78 is 0. The first-order valence-electron chi connectivity index (χ1n) is 5.74. The molecule has 0 radical (unpaired) electrons. The van der Waals surface area contributed by atoms with Crippen LogP contribution in [0, 0.1) is 0 Å². The number of benzene rings is 2. The van der Waals surface area contributed by atoms with Gasteiger partial charge in [0.15, 0.2) is 0 Å². The van der Waals surface area contributed by atoms with Gasteiger partial charge in [-0.25, -0.2) is 4.98 Å². The number of hydrogen-bond acceptors (Lipinski definition) is 4. The van der Waals surface area contributed by atoms with Crippen LogP contribution in [0.3, 0.4) is 0 Å². The molecule has 1 aromatic heterocycles. The average Bonchev–Trinajstić information content (AvgIpc) is 2.87. The van der Waals surface area contributed by atoms with Crippen molar-refractivity contribution >= 4 is 22.1 Å². The van der Waals surface area contributed by atoms with Gasteiger partial charge in [0.25, 0.3) is 0 Å². The monoisotopic (exact) mass is 255 g/mol. The van der Waals surface area contributed by atoms with E-state index in [-0.39, 0.29) is 0 Å². The minimum atomic E-state index is 0.607.